The predicted molar refractivity (Wildman–Crippen MR) is 46.4 cm³/mol. The van der Waals surface area contributed by atoms with Crippen LogP contribution in [-0.2, 0) is 0 Å². The number of benzene rings is 1. The molecule has 0 aromatic heterocycles. The quantitative estimate of drug-likeness (QED) is 0.544. The lowest BCUT2D eigenvalue weighted by Gasteiger charge is -2.12. The maximum absolute atomic E-state index is 10.7. The minimum atomic E-state index is -1.56. The molecule has 0 aliphatic carbocycles. The molecule has 0 atom stereocenters. The summed E-state index contributed by atoms with van der Waals surface area (Å²) >= 11 is 0. The van der Waals surface area contributed by atoms with Crippen LogP contribution in [-0.4, -0.2) is 32.6 Å². The van der Waals surface area contributed by atoms with Crippen molar-refractivity contribution in [1.82, 2.24) is 0 Å². The maximum atomic E-state index is 10.7. The summed E-state index contributed by atoms with van der Waals surface area (Å²) in [4.78, 5) is 21.4. The summed E-state index contributed by atoms with van der Waals surface area (Å²) in [6, 6.07) is 3.32. The van der Waals surface area contributed by atoms with Crippen molar-refractivity contribution in [2.24, 2.45) is 0 Å². The van der Waals surface area contributed by atoms with E-state index in [4.69, 9.17) is 20.6 Å². The average Bonchev–Trinajstić information content (AvgIpc) is 2.16. The number of carboxylic acid groups (broad SMARTS) is 2. The lowest BCUT2D eigenvalue weighted by atomic mass is 10.1. The number of nitrogens with zero attached hydrogens (tertiary/aromatic N) is 1. The van der Waals surface area contributed by atoms with Crippen LogP contribution in [0.2, 0.25) is 0 Å². The summed E-state index contributed by atoms with van der Waals surface area (Å²) in [6.07, 6.45) is 0. The number of carboxylic acids is 2. The van der Waals surface area contributed by atoms with E-state index in [1.807, 2.05) is 0 Å². The zero-order valence-corrected chi connectivity index (χ0v) is 7.28. The molecule has 0 amide bonds. The fourth-order valence-electron chi connectivity index (χ4n) is 1.11. The van der Waals surface area contributed by atoms with Crippen LogP contribution in [0.5, 0.6) is 0 Å². The summed E-state index contributed by atoms with van der Waals surface area (Å²) in [5, 5.41) is 34.4. The number of anilines is 1. The third-order valence-electron chi connectivity index (χ3n) is 1.70. The Kier molecular flexibility index (Phi) is 2.88. The topological polar surface area (TPSA) is 118 Å². The van der Waals surface area contributed by atoms with Crippen molar-refractivity contribution < 1.29 is 30.2 Å². The molecule has 0 aliphatic rings. The second-order valence-electron chi connectivity index (χ2n) is 2.60. The highest BCUT2D eigenvalue weighted by Crippen LogP contribution is 2.22. The highest BCUT2D eigenvalue weighted by Gasteiger charge is 2.22. The van der Waals surface area contributed by atoms with Crippen LogP contribution >= 0.6 is 0 Å². The zero-order chi connectivity index (χ0) is 11.6. The van der Waals surface area contributed by atoms with Gasteiger partial charge >= 0.3 is 11.9 Å². The Morgan fingerprint density at radius 2 is 1.67 bits per heavy atom. The van der Waals surface area contributed by atoms with E-state index in [0.717, 1.165) is 12.1 Å². The number of aromatic carboxylic acids is 2. The largest absolute Gasteiger partial charge is 0.478 e. The Morgan fingerprint density at radius 3 is 2.07 bits per heavy atom. The normalized spacial score (nSPS) is 9.73. The van der Waals surface area contributed by atoms with Gasteiger partial charge in [-0.15, -0.1) is 5.23 Å². The highest BCUT2D eigenvalue weighted by atomic mass is 16.8. The molecule has 7 heteroatoms. The van der Waals surface area contributed by atoms with Crippen molar-refractivity contribution in [3.8, 4) is 0 Å². The molecule has 4 N–H and O–H groups in total. The summed E-state index contributed by atoms with van der Waals surface area (Å²) in [5.74, 6) is -3.02. The van der Waals surface area contributed by atoms with Crippen LogP contribution < -0.4 is 5.23 Å². The van der Waals surface area contributed by atoms with Crippen LogP contribution in [0.25, 0.3) is 0 Å². The van der Waals surface area contributed by atoms with Gasteiger partial charge in [0.1, 0.15) is 11.3 Å². The maximum Gasteiger partial charge on any atom is 0.338 e. The molecule has 1 rings (SSSR count). The van der Waals surface area contributed by atoms with E-state index in [0.29, 0.717) is 0 Å². The molecule has 0 unspecified atom stereocenters. The predicted octanol–water partition coefficient (Wildman–Crippen LogP) is 0.668. The van der Waals surface area contributed by atoms with Crippen molar-refractivity contribution in [2.45, 2.75) is 0 Å². The molecule has 15 heavy (non-hydrogen) atoms. The second kappa shape index (κ2) is 3.95. The van der Waals surface area contributed by atoms with Gasteiger partial charge in [-0.2, -0.15) is 0 Å². The van der Waals surface area contributed by atoms with Gasteiger partial charge in [-0.05, 0) is 12.1 Å². The van der Waals surface area contributed by atoms with E-state index >= 15 is 0 Å². The van der Waals surface area contributed by atoms with Gasteiger partial charge < -0.3 is 10.2 Å². The van der Waals surface area contributed by atoms with E-state index in [9.17, 15) is 9.59 Å². The van der Waals surface area contributed by atoms with Gasteiger partial charge in [-0.3, -0.25) is 10.4 Å². The smallest absolute Gasteiger partial charge is 0.338 e. The first kappa shape index (κ1) is 11.0. The Bertz CT molecular complexity index is 414. The van der Waals surface area contributed by atoms with Crippen molar-refractivity contribution in [3.05, 3.63) is 29.3 Å². The second-order valence-corrected chi connectivity index (χ2v) is 2.60. The molecule has 0 heterocycles. The summed E-state index contributed by atoms with van der Waals surface area (Å²) < 4.78 is 0. The van der Waals surface area contributed by atoms with Crippen LogP contribution in [0.4, 0.5) is 5.69 Å². The van der Waals surface area contributed by atoms with Gasteiger partial charge in [0.15, 0.2) is 0 Å². The molecule has 80 valence electrons. The van der Waals surface area contributed by atoms with Crippen LogP contribution in [0.3, 0.4) is 0 Å². The van der Waals surface area contributed by atoms with Crippen molar-refractivity contribution in [2.75, 3.05) is 5.23 Å². The SMILES string of the molecule is O=C(O)c1cccc(N(O)O)c1C(=O)O. The Balaban J connectivity index is 3.48. The Labute approximate surface area is 83.3 Å². The number of hydrogen-bond acceptors (Lipinski definition) is 5. The molecule has 0 spiro atoms. The molecule has 0 bridgehead atoms. The molecule has 0 aliphatic heterocycles. The number of carbonyl (C=O) groups is 2. The zero-order valence-electron chi connectivity index (χ0n) is 7.28. The van der Waals surface area contributed by atoms with Gasteiger partial charge in [0.25, 0.3) is 0 Å². The molecule has 0 radical (unpaired) electrons. The molecule has 1 aromatic rings. The van der Waals surface area contributed by atoms with Crippen molar-refractivity contribution in [3.63, 3.8) is 0 Å². The van der Waals surface area contributed by atoms with E-state index in [2.05, 4.69) is 0 Å². The molecule has 7 nitrogen and oxygen atoms in total. The van der Waals surface area contributed by atoms with Crippen LogP contribution in [0.15, 0.2) is 18.2 Å². The molecule has 1 aromatic carbocycles. The Hall–Kier alpha value is -2.12. The minimum Gasteiger partial charge on any atom is -0.478 e. The summed E-state index contributed by atoms with van der Waals surface area (Å²) in [7, 11) is 0. The van der Waals surface area contributed by atoms with Gasteiger partial charge in [0.05, 0.1) is 5.56 Å². The lowest BCUT2D eigenvalue weighted by Crippen LogP contribution is -2.18. The lowest BCUT2D eigenvalue weighted by molar-refractivity contribution is 0.0276. The van der Waals surface area contributed by atoms with Crippen molar-refractivity contribution >= 4 is 17.6 Å². The first-order chi connectivity index (χ1) is 6.95. The third kappa shape index (κ3) is 2.03. The fourth-order valence-corrected chi connectivity index (χ4v) is 1.11. The van der Waals surface area contributed by atoms with Gasteiger partial charge in [0, 0.05) is 0 Å². The van der Waals surface area contributed by atoms with Gasteiger partial charge in [-0.1, -0.05) is 6.07 Å². The third-order valence-corrected chi connectivity index (χ3v) is 1.70. The molecular weight excluding hydrogens is 206 g/mol. The molecular formula is C8H7NO6. The van der Waals surface area contributed by atoms with E-state index in [1.165, 1.54) is 6.07 Å². The van der Waals surface area contributed by atoms with E-state index in [-0.39, 0.29) is 0 Å². The van der Waals surface area contributed by atoms with Crippen LogP contribution in [0.1, 0.15) is 20.7 Å². The van der Waals surface area contributed by atoms with Crippen LogP contribution in [0, 0.1) is 0 Å². The average molecular weight is 213 g/mol. The number of hydrogen-bond donors (Lipinski definition) is 4. The first-order valence-electron chi connectivity index (χ1n) is 3.72. The highest BCUT2D eigenvalue weighted by molar-refractivity contribution is 6.05. The molecule has 0 fully saturated rings. The van der Waals surface area contributed by atoms with E-state index in [1.54, 1.807) is 0 Å². The monoisotopic (exact) mass is 213 g/mol. The van der Waals surface area contributed by atoms with Crippen molar-refractivity contribution in [1.29, 1.82) is 0 Å². The van der Waals surface area contributed by atoms with Gasteiger partial charge in [-0.25, -0.2) is 9.59 Å². The van der Waals surface area contributed by atoms with Gasteiger partial charge in [0.2, 0.25) is 0 Å². The first-order valence-corrected chi connectivity index (χ1v) is 3.72. The Morgan fingerprint density at radius 1 is 1.07 bits per heavy atom. The minimum absolute atomic E-state index is 0.435. The standard InChI is InChI=1S/C8H7NO6/c10-7(11)4-2-1-3-5(9(14)15)6(4)8(12)13/h1-3,14-15H,(H,10,11)(H,12,13). The summed E-state index contributed by atoms with van der Waals surface area (Å²) in [5.41, 5.74) is -1.72. The fraction of sp³-hybridized carbons (Fsp3) is 0. The number of rotatable bonds is 3. The molecule has 0 saturated heterocycles. The van der Waals surface area contributed by atoms with E-state index < -0.39 is 34.0 Å². The summed E-state index contributed by atoms with van der Waals surface area (Å²) in [6.45, 7) is 0. The molecule has 0 saturated carbocycles.